The molecule has 0 saturated heterocycles. The molecule has 0 amide bonds. The van der Waals surface area contributed by atoms with Crippen LogP contribution in [0.5, 0.6) is 17.2 Å². The summed E-state index contributed by atoms with van der Waals surface area (Å²) >= 11 is 0. The van der Waals surface area contributed by atoms with Crippen molar-refractivity contribution in [1.29, 1.82) is 0 Å². The lowest BCUT2D eigenvalue weighted by molar-refractivity contribution is -0.146. The first-order chi connectivity index (χ1) is 20.0. The number of carboxylic acids is 1. The Labute approximate surface area is 237 Å². The highest BCUT2D eigenvalue weighted by Crippen LogP contribution is 2.33. The maximum absolute atomic E-state index is 10.3. The van der Waals surface area contributed by atoms with Crippen LogP contribution in [0, 0.1) is 0 Å². The molecule has 5 aromatic rings. The van der Waals surface area contributed by atoms with Crippen LogP contribution in [0.25, 0.3) is 21.8 Å². The molecule has 9 nitrogen and oxygen atoms in total. The Morgan fingerprint density at radius 2 is 1.46 bits per heavy atom. The Balaban J connectivity index is 0.000000296. The Morgan fingerprint density at radius 3 is 2.22 bits per heavy atom. The summed E-state index contributed by atoms with van der Waals surface area (Å²) in [5, 5.41) is 33.0. The van der Waals surface area contributed by atoms with Gasteiger partial charge in [0.2, 0.25) is 0 Å². The number of hydrogen-bond acceptors (Lipinski definition) is 7. The number of aliphatic hydroxyl groups is 2. The molecule has 0 aliphatic carbocycles. The number of aromatic amines is 1. The summed E-state index contributed by atoms with van der Waals surface area (Å²) in [5.41, 5.74) is 2.50. The fourth-order valence-electron chi connectivity index (χ4n) is 4.25. The molecule has 2 unspecified atom stereocenters. The number of para-hydroxylation sites is 3. The topological polar surface area (TPSA) is 133 Å². The molecular formula is C32H34N2O7. The number of rotatable bonds is 12. The largest absolute Gasteiger partial charge is 0.493 e. The quantitative estimate of drug-likeness (QED) is 0.141. The van der Waals surface area contributed by atoms with Gasteiger partial charge in [-0.2, -0.15) is 0 Å². The number of fused-ring (bicyclic) bond motifs is 3. The van der Waals surface area contributed by atoms with Gasteiger partial charge in [-0.1, -0.05) is 66.7 Å². The van der Waals surface area contributed by atoms with E-state index < -0.39 is 18.2 Å². The first-order valence-electron chi connectivity index (χ1n) is 13.2. The van der Waals surface area contributed by atoms with E-state index in [1.54, 1.807) is 37.4 Å². The van der Waals surface area contributed by atoms with Gasteiger partial charge >= 0.3 is 5.97 Å². The first kappa shape index (κ1) is 29.4. The zero-order chi connectivity index (χ0) is 29.0. The smallest absolute Gasteiger partial charge is 0.337 e. The van der Waals surface area contributed by atoms with Crippen molar-refractivity contribution in [1.82, 2.24) is 10.3 Å². The van der Waals surface area contributed by atoms with Gasteiger partial charge in [-0.3, -0.25) is 0 Å². The average Bonchev–Trinajstić information content (AvgIpc) is 3.40. The van der Waals surface area contributed by atoms with Crippen molar-refractivity contribution in [2.75, 3.05) is 33.4 Å². The molecule has 5 N–H and O–H groups in total. The van der Waals surface area contributed by atoms with Crippen LogP contribution < -0.4 is 19.5 Å². The number of aromatic nitrogens is 1. The van der Waals surface area contributed by atoms with E-state index in [-0.39, 0.29) is 6.61 Å². The molecule has 5 rings (SSSR count). The third kappa shape index (κ3) is 7.98. The number of carboxylic acid groups (broad SMARTS) is 1. The van der Waals surface area contributed by atoms with Gasteiger partial charge < -0.3 is 39.8 Å². The Morgan fingerprint density at radius 1 is 0.805 bits per heavy atom. The van der Waals surface area contributed by atoms with Gasteiger partial charge in [-0.15, -0.1) is 0 Å². The lowest BCUT2D eigenvalue weighted by atomic mass is 10.1. The lowest BCUT2D eigenvalue weighted by Gasteiger charge is -2.15. The van der Waals surface area contributed by atoms with Crippen molar-refractivity contribution in [3.05, 3.63) is 103 Å². The summed E-state index contributed by atoms with van der Waals surface area (Å²) in [4.78, 5) is 13.6. The number of aliphatic carboxylic acids is 1. The number of ether oxygens (including phenoxy) is 3. The molecule has 0 bridgehead atoms. The molecule has 0 fully saturated rings. The van der Waals surface area contributed by atoms with Crippen molar-refractivity contribution in [3.63, 3.8) is 0 Å². The Hall–Kier alpha value is -4.57. The maximum atomic E-state index is 10.3. The molecule has 41 heavy (non-hydrogen) atoms. The lowest BCUT2D eigenvalue weighted by Crippen LogP contribution is -2.33. The van der Waals surface area contributed by atoms with Crippen molar-refractivity contribution in [3.8, 4) is 17.2 Å². The van der Waals surface area contributed by atoms with Crippen LogP contribution in [0.4, 0.5) is 0 Å². The third-order valence-corrected chi connectivity index (χ3v) is 6.26. The van der Waals surface area contributed by atoms with Crippen LogP contribution in [0.2, 0.25) is 0 Å². The molecule has 0 saturated carbocycles. The summed E-state index contributed by atoms with van der Waals surface area (Å²) in [6, 6.07) is 29.8. The molecule has 2 atom stereocenters. The molecule has 0 aliphatic heterocycles. The van der Waals surface area contributed by atoms with Crippen LogP contribution in [0.15, 0.2) is 97.1 Å². The summed E-state index contributed by atoms with van der Waals surface area (Å²) in [5.74, 6) is 0.953. The fraction of sp³-hybridized carbons (Fsp3) is 0.219. The number of hydrogen-bond donors (Lipinski definition) is 5. The number of carbonyl (C=O) groups is 1. The number of H-pyrrole nitrogens is 1. The van der Waals surface area contributed by atoms with Crippen molar-refractivity contribution in [2.45, 2.75) is 12.2 Å². The van der Waals surface area contributed by atoms with Crippen LogP contribution >= 0.6 is 0 Å². The Kier molecular flexibility index (Phi) is 10.6. The third-order valence-electron chi connectivity index (χ3n) is 6.26. The second-order valence-corrected chi connectivity index (χ2v) is 9.17. The van der Waals surface area contributed by atoms with E-state index in [1.165, 1.54) is 0 Å². The molecule has 9 heteroatoms. The number of aliphatic hydroxyl groups excluding tert-OH is 2. The number of nitrogens with one attached hydrogen (secondary N) is 2. The standard InChI is InChI=1S/C24H26N2O4.C8H8O3/c1-28-21-10-4-5-11-22(21)29-14-13-25-15-17(27)16-30-23-12-6-9-20-24(23)18-7-2-3-8-19(18)26-20;9-7(8(10)11)6-4-2-1-3-5-6/h2-12,17,25-27H,13-16H2,1H3;1-5,7,9H,(H,10,11). The van der Waals surface area contributed by atoms with Gasteiger partial charge in [-0.25, -0.2) is 4.79 Å². The fourth-order valence-corrected chi connectivity index (χ4v) is 4.25. The second kappa shape index (κ2) is 14.7. The SMILES string of the molecule is COc1ccccc1OCCNCC(O)COc1cccc2[nH]c3ccccc3c12.O=C(O)C(O)c1ccccc1. The van der Waals surface area contributed by atoms with Gasteiger partial charge in [0.05, 0.1) is 12.6 Å². The van der Waals surface area contributed by atoms with Gasteiger partial charge in [0.25, 0.3) is 0 Å². The molecule has 4 aromatic carbocycles. The molecular weight excluding hydrogens is 524 g/mol. The van der Waals surface area contributed by atoms with E-state index in [0.717, 1.165) is 27.6 Å². The highest BCUT2D eigenvalue weighted by atomic mass is 16.5. The monoisotopic (exact) mass is 558 g/mol. The van der Waals surface area contributed by atoms with E-state index in [0.29, 0.717) is 36.8 Å². The molecule has 0 aliphatic rings. The summed E-state index contributed by atoms with van der Waals surface area (Å²) in [6.45, 7) is 1.70. The van der Waals surface area contributed by atoms with Crippen LogP contribution in [0.1, 0.15) is 11.7 Å². The van der Waals surface area contributed by atoms with Gasteiger partial charge in [-0.05, 0) is 35.9 Å². The van der Waals surface area contributed by atoms with Crippen molar-refractivity contribution < 1.29 is 34.3 Å². The minimum atomic E-state index is -1.41. The van der Waals surface area contributed by atoms with Crippen LogP contribution in [0.3, 0.4) is 0 Å². The first-order valence-corrected chi connectivity index (χ1v) is 13.2. The number of benzene rings is 4. The van der Waals surface area contributed by atoms with Gasteiger partial charge in [0.15, 0.2) is 17.6 Å². The summed E-state index contributed by atoms with van der Waals surface area (Å²) in [6.07, 6.45) is -2.03. The predicted octanol–water partition coefficient (Wildman–Crippen LogP) is 4.54. The van der Waals surface area contributed by atoms with E-state index in [4.69, 9.17) is 24.4 Å². The highest BCUT2D eigenvalue weighted by molar-refractivity contribution is 6.10. The summed E-state index contributed by atoms with van der Waals surface area (Å²) in [7, 11) is 1.62. The van der Waals surface area contributed by atoms with E-state index >= 15 is 0 Å². The molecule has 1 heterocycles. The Bertz CT molecular complexity index is 1540. The predicted molar refractivity (Wildman–Crippen MR) is 158 cm³/mol. The zero-order valence-electron chi connectivity index (χ0n) is 22.7. The summed E-state index contributed by atoms with van der Waals surface area (Å²) < 4.78 is 16.9. The van der Waals surface area contributed by atoms with Gasteiger partial charge in [0, 0.05) is 29.4 Å². The maximum Gasteiger partial charge on any atom is 0.337 e. The van der Waals surface area contributed by atoms with E-state index in [2.05, 4.69) is 16.4 Å². The highest BCUT2D eigenvalue weighted by Gasteiger charge is 2.14. The van der Waals surface area contributed by atoms with E-state index in [9.17, 15) is 9.90 Å². The van der Waals surface area contributed by atoms with Crippen molar-refractivity contribution >= 4 is 27.8 Å². The van der Waals surface area contributed by atoms with Crippen LogP contribution in [-0.2, 0) is 4.79 Å². The van der Waals surface area contributed by atoms with Crippen molar-refractivity contribution in [2.24, 2.45) is 0 Å². The molecule has 0 radical (unpaired) electrons. The molecule has 214 valence electrons. The number of methoxy groups -OCH3 is 1. The van der Waals surface area contributed by atoms with E-state index in [1.807, 2.05) is 60.7 Å². The minimum Gasteiger partial charge on any atom is -0.493 e. The second-order valence-electron chi connectivity index (χ2n) is 9.17. The molecule has 0 spiro atoms. The van der Waals surface area contributed by atoms with Gasteiger partial charge in [0.1, 0.15) is 25.1 Å². The minimum absolute atomic E-state index is 0.207. The average molecular weight is 559 g/mol. The zero-order valence-corrected chi connectivity index (χ0v) is 22.7. The van der Waals surface area contributed by atoms with Crippen LogP contribution in [-0.4, -0.2) is 65.8 Å². The normalized spacial score (nSPS) is 12.3. The molecule has 1 aromatic heterocycles.